The Morgan fingerprint density at radius 2 is 1.75 bits per heavy atom. The van der Waals surface area contributed by atoms with E-state index in [4.69, 9.17) is 4.74 Å². The van der Waals surface area contributed by atoms with Crippen molar-refractivity contribution in [2.75, 3.05) is 12.4 Å². The third kappa shape index (κ3) is 6.81. The molecule has 0 bridgehead atoms. The van der Waals surface area contributed by atoms with Gasteiger partial charge in [0.15, 0.2) is 0 Å². The highest BCUT2D eigenvalue weighted by atomic mass is 16.5. The molecule has 0 aromatic heterocycles. The summed E-state index contributed by atoms with van der Waals surface area (Å²) in [4.78, 5) is 35.1. The van der Waals surface area contributed by atoms with E-state index in [0.717, 1.165) is 25.7 Å². The van der Waals surface area contributed by atoms with Crippen molar-refractivity contribution in [2.24, 2.45) is 0 Å². The molecule has 6 nitrogen and oxygen atoms in total. The smallest absolute Gasteiger partial charge is 0.328 e. The predicted octanol–water partition coefficient (Wildman–Crippen LogP) is 2.89. The van der Waals surface area contributed by atoms with Crippen molar-refractivity contribution < 1.29 is 19.1 Å². The van der Waals surface area contributed by atoms with Crippen LogP contribution in [0.25, 0.3) is 0 Å². The Labute approximate surface area is 143 Å². The molecule has 0 aliphatic heterocycles. The lowest BCUT2D eigenvalue weighted by atomic mass is 10.1. The van der Waals surface area contributed by atoms with E-state index in [1.807, 2.05) is 0 Å². The first kappa shape index (κ1) is 19.7. The minimum atomic E-state index is -0.644. The fourth-order valence-corrected chi connectivity index (χ4v) is 2.32. The van der Waals surface area contributed by atoms with Crippen molar-refractivity contribution in [1.29, 1.82) is 0 Å². The number of hydrogen-bond donors (Lipinski definition) is 2. The van der Waals surface area contributed by atoms with E-state index in [1.54, 1.807) is 24.3 Å². The molecule has 0 radical (unpaired) electrons. The lowest BCUT2D eigenvalue weighted by Gasteiger charge is -2.16. The van der Waals surface area contributed by atoms with Gasteiger partial charge < -0.3 is 15.4 Å². The summed E-state index contributed by atoms with van der Waals surface area (Å²) in [5.74, 6) is -0.949. The van der Waals surface area contributed by atoms with E-state index in [1.165, 1.54) is 14.0 Å². The van der Waals surface area contributed by atoms with Crippen molar-refractivity contribution in [1.82, 2.24) is 5.32 Å². The molecule has 0 saturated carbocycles. The zero-order chi connectivity index (χ0) is 17.9. The van der Waals surface area contributed by atoms with Gasteiger partial charge in [0.05, 0.1) is 7.11 Å². The van der Waals surface area contributed by atoms with Gasteiger partial charge in [-0.1, -0.05) is 32.6 Å². The highest BCUT2D eigenvalue weighted by molar-refractivity contribution is 5.97. The van der Waals surface area contributed by atoms with Gasteiger partial charge >= 0.3 is 5.97 Å². The summed E-state index contributed by atoms with van der Waals surface area (Å²) in [5, 5.41) is 5.35. The Bertz CT molecular complexity index is 555. The van der Waals surface area contributed by atoms with Crippen LogP contribution in [0.2, 0.25) is 0 Å². The Hall–Kier alpha value is -2.37. The molecule has 2 amide bonds. The average Bonchev–Trinajstić information content (AvgIpc) is 2.56. The zero-order valence-electron chi connectivity index (χ0n) is 14.6. The molecular formula is C18H26N2O4. The molecular weight excluding hydrogens is 308 g/mol. The van der Waals surface area contributed by atoms with Crippen LogP contribution in [0.5, 0.6) is 0 Å². The van der Waals surface area contributed by atoms with Gasteiger partial charge in [0.1, 0.15) is 6.04 Å². The summed E-state index contributed by atoms with van der Waals surface area (Å²) < 4.78 is 4.77. The molecule has 132 valence electrons. The second-order valence-corrected chi connectivity index (χ2v) is 5.66. The molecule has 0 aliphatic rings. The van der Waals surface area contributed by atoms with Gasteiger partial charge in [-0.2, -0.15) is 0 Å². The Morgan fingerprint density at radius 1 is 1.08 bits per heavy atom. The average molecular weight is 334 g/mol. The molecule has 24 heavy (non-hydrogen) atoms. The molecule has 0 heterocycles. The minimum absolute atomic E-state index is 0.176. The summed E-state index contributed by atoms with van der Waals surface area (Å²) in [7, 11) is 1.32. The topological polar surface area (TPSA) is 84.5 Å². The van der Waals surface area contributed by atoms with Crippen LogP contribution in [0.4, 0.5) is 5.69 Å². The van der Waals surface area contributed by atoms with Gasteiger partial charge in [-0.05, 0) is 30.7 Å². The van der Waals surface area contributed by atoms with Gasteiger partial charge in [0.25, 0.3) is 5.91 Å². The second kappa shape index (κ2) is 10.4. The molecule has 0 saturated heterocycles. The van der Waals surface area contributed by atoms with Gasteiger partial charge in [0.2, 0.25) is 5.91 Å². The largest absolute Gasteiger partial charge is 0.467 e. The van der Waals surface area contributed by atoms with E-state index in [-0.39, 0.29) is 11.8 Å². The van der Waals surface area contributed by atoms with E-state index >= 15 is 0 Å². The maximum Gasteiger partial charge on any atom is 0.328 e. The van der Waals surface area contributed by atoms with Crippen LogP contribution in [0, 0.1) is 0 Å². The number of unbranched alkanes of at least 4 members (excludes halogenated alkanes) is 3. The zero-order valence-corrected chi connectivity index (χ0v) is 14.6. The monoisotopic (exact) mass is 334 g/mol. The molecule has 2 N–H and O–H groups in total. The summed E-state index contributed by atoms with van der Waals surface area (Å²) >= 11 is 0. The number of carbonyl (C=O) groups excluding carboxylic acids is 3. The first-order chi connectivity index (χ1) is 11.5. The first-order valence-electron chi connectivity index (χ1n) is 8.24. The normalized spacial score (nSPS) is 11.5. The number of carbonyl (C=O) groups is 3. The third-order valence-electron chi connectivity index (χ3n) is 3.60. The van der Waals surface area contributed by atoms with Gasteiger partial charge in [-0.25, -0.2) is 4.79 Å². The fraction of sp³-hybridized carbons (Fsp3) is 0.500. The molecule has 0 fully saturated rings. The molecule has 1 aromatic carbocycles. The van der Waals surface area contributed by atoms with Crippen molar-refractivity contribution in [2.45, 2.75) is 52.0 Å². The van der Waals surface area contributed by atoms with E-state index in [9.17, 15) is 14.4 Å². The summed E-state index contributed by atoms with van der Waals surface area (Å²) in [6, 6.07) is 5.85. The predicted molar refractivity (Wildman–Crippen MR) is 92.8 cm³/mol. The van der Waals surface area contributed by atoms with E-state index in [2.05, 4.69) is 17.6 Å². The van der Waals surface area contributed by atoms with Crippen molar-refractivity contribution >= 4 is 23.5 Å². The maximum absolute atomic E-state index is 12.3. The number of methoxy groups -OCH3 is 1. The number of esters is 1. The van der Waals surface area contributed by atoms with Crippen LogP contribution in [-0.4, -0.2) is 30.9 Å². The Kier molecular flexibility index (Phi) is 8.54. The fourth-order valence-electron chi connectivity index (χ4n) is 2.32. The second-order valence-electron chi connectivity index (χ2n) is 5.66. The molecule has 0 aliphatic carbocycles. The van der Waals surface area contributed by atoms with Gasteiger partial charge in [0, 0.05) is 18.2 Å². The van der Waals surface area contributed by atoms with Crippen molar-refractivity contribution in [3.05, 3.63) is 29.8 Å². The molecule has 0 unspecified atom stereocenters. The van der Waals surface area contributed by atoms with Crippen molar-refractivity contribution in [3.63, 3.8) is 0 Å². The number of hydrogen-bond acceptors (Lipinski definition) is 4. The number of rotatable bonds is 9. The first-order valence-corrected chi connectivity index (χ1v) is 8.24. The third-order valence-corrected chi connectivity index (χ3v) is 3.60. The number of anilines is 1. The van der Waals surface area contributed by atoms with E-state index < -0.39 is 12.0 Å². The van der Waals surface area contributed by atoms with Crippen LogP contribution in [-0.2, 0) is 14.3 Å². The van der Waals surface area contributed by atoms with Gasteiger partial charge in [-0.15, -0.1) is 0 Å². The number of amides is 2. The SMILES string of the molecule is CCCCCC[C@H](NC(=O)c1ccc(NC(C)=O)cc1)C(=O)OC. The number of benzene rings is 1. The molecule has 1 rings (SSSR count). The van der Waals surface area contributed by atoms with E-state index in [0.29, 0.717) is 17.7 Å². The quantitative estimate of drug-likeness (QED) is 0.537. The Morgan fingerprint density at radius 3 is 2.29 bits per heavy atom. The molecule has 1 aromatic rings. The number of ether oxygens (including phenoxy) is 1. The summed E-state index contributed by atoms with van der Waals surface area (Å²) in [6.45, 7) is 3.53. The number of nitrogens with one attached hydrogen (secondary N) is 2. The summed E-state index contributed by atoms with van der Waals surface area (Å²) in [6.07, 6.45) is 4.64. The Balaban J connectivity index is 2.65. The lowest BCUT2D eigenvalue weighted by Crippen LogP contribution is -2.41. The van der Waals surface area contributed by atoms with Crippen LogP contribution in [0.3, 0.4) is 0 Å². The molecule has 6 heteroatoms. The summed E-state index contributed by atoms with van der Waals surface area (Å²) in [5.41, 5.74) is 1.04. The molecule has 0 spiro atoms. The van der Waals surface area contributed by atoms with Crippen LogP contribution >= 0.6 is 0 Å². The van der Waals surface area contributed by atoms with Crippen LogP contribution in [0.1, 0.15) is 56.3 Å². The van der Waals surface area contributed by atoms with Crippen LogP contribution in [0.15, 0.2) is 24.3 Å². The minimum Gasteiger partial charge on any atom is -0.467 e. The van der Waals surface area contributed by atoms with Crippen LogP contribution < -0.4 is 10.6 Å². The lowest BCUT2D eigenvalue weighted by molar-refractivity contribution is -0.143. The highest BCUT2D eigenvalue weighted by Gasteiger charge is 2.21. The maximum atomic E-state index is 12.3. The standard InChI is InChI=1S/C18H26N2O4/c1-4-5-6-7-8-16(18(23)24-3)20-17(22)14-9-11-15(12-10-14)19-13(2)21/h9-12,16H,4-8H2,1-3H3,(H,19,21)(H,20,22)/t16-/m0/s1. The van der Waals surface area contributed by atoms with Gasteiger partial charge in [-0.3, -0.25) is 9.59 Å². The molecule has 1 atom stereocenters. The van der Waals surface area contributed by atoms with Crippen molar-refractivity contribution in [3.8, 4) is 0 Å². The highest BCUT2D eigenvalue weighted by Crippen LogP contribution is 2.11.